The summed E-state index contributed by atoms with van der Waals surface area (Å²) in [7, 11) is -2.90. The molecule has 0 bridgehead atoms. The minimum absolute atomic E-state index is 0.0357. The van der Waals surface area contributed by atoms with Crippen molar-refractivity contribution in [3.63, 3.8) is 0 Å². The predicted octanol–water partition coefficient (Wildman–Crippen LogP) is 1.84. The molecule has 2 aliphatic heterocycles. The quantitative estimate of drug-likeness (QED) is 0.638. The van der Waals surface area contributed by atoms with Gasteiger partial charge in [-0.25, -0.2) is 12.8 Å². The van der Waals surface area contributed by atoms with Gasteiger partial charge in [-0.2, -0.15) is 0 Å². The Labute approximate surface area is 182 Å². The minimum Gasteiger partial charge on any atom is -0.339 e. The molecule has 162 valence electrons. The summed E-state index contributed by atoms with van der Waals surface area (Å²) in [5.41, 5.74) is 0.590. The van der Waals surface area contributed by atoms with Crippen molar-refractivity contribution in [2.45, 2.75) is 16.8 Å². The van der Waals surface area contributed by atoms with E-state index in [1.54, 1.807) is 12.1 Å². The van der Waals surface area contributed by atoms with Crippen molar-refractivity contribution in [2.24, 2.45) is 0 Å². The van der Waals surface area contributed by atoms with Crippen LogP contribution in [0, 0.1) is 5.82 Å². The number of anilines is 2. The first-order chi connectivity index (χ1) is 14.4. The molecular weight excluding hydrogens is 449 g/mol. The van der Waals surface area contributed by atoms with Crippen LogP contribution in [0.3, 0.4) is 0 Å². The second-order valence-corrected chi connectivity index (χ2v) is 11.7. The molecule has 1 N–H and O–H groups in total. The van der Waals surface area contributed by atoms with E-state index < -0.39 is 9.84 Å². The molecule has 2 aliphatic rings. The number of sulfone groups is 1. The molecular formula is C18H22FN5O3S3. The Balaban J connectivity index is 1.22. The molecule has 30 heavy (non-hydrogen) atoms. The molecule has 1 atom stereocenters. The Hall–Kier alpha value is -1.76. The highest BCUT2D eigenvalue weighted by Crippen LogP contribution is 2.28. The van der Waals surface area contributed by atoms with Crippen molar-refractivity contribution in [2.75, 3.05) is 48.8 Å². The van der Waals surface area contributed by atoms with Gasteiger partial charge in [-0.15, -0.1) is 10.2 Å². The lowest BCUT2D eigenvalue weighted by Gasteiger charge is -2.37. The summed E-state index contributed by atoms with van der Waals surface area (Å²) in [6, 6.07) is 6.18. The first-order valence-corrected chi connectivity index (χ1v) is 13.2. The Kier molecular flexibility index (Phi) is 6.56. The summed E-state index contributed by atoms with van der Waals surface area (Å²) in [5, 5.41) is 11.6. The topological polar surface area (TPSA) is 95.5 Å². The third-order valence-corrected chi connectivity index (χ3v) is 8.90. The normalized spacial score (nSPS) is 21.6. The lowest BCUT2D eigenvalue weighted by molar-refractivity contribution is -0.130. The van der Waals surface area contributed by atoms with Gasteiger partial charge in [0.2, 0.25) is 11.0 Å². The van der Waals surface area contributed by atoms with Gasteiger partial charge in [0.1, 0.15) is 5.82 Å². The molecule has 0 unspecified atom stereocenters. The van der Waals surface area contributed by atoms with Gasteiger partial charge in [-0.3, -0.25) is 9.69 Å². The SMILES string of the molecule is O=C(CSc1nnc(Nc2cccc(F)c2)s1)N1CCN([C@@H]2CCS(=O)(=O)C2)CC1. The number of aromatic nitrogens is 2. The zero-order chi connectivity index (χ0) is 21.1. The van der Waals surface area contributed by atoms with E-state index in [-0.39, 0.29) is 35.0 Å². The molecule has 0 aliphatic carbocycles. The number of halogens is 1. The first-order valence-electron chi connectivity index (χ1n) is 9.59. The predicted molar refractivity (Wildman–Crippen MR) is 116 cm³/mol. The molecule has 1 amide bonds. The highest BCUT2D eigenvalue weighted by molar-refractivity contribution is 8.01. The smallest absolute Gasteiger partial charge is 0.233 e. The van der Waals surface area contributed by atoms with Gasteiger partial charge in [0, 0.05) is 37.9 Å². The summed E-state index contributed by atoms with van der Waals surface area (Å²) < 4.78 is 37.3. The molecule has 0 spiro atoms. The summed E-state index contributed by atoms with van der Waals surface area (Å²) in [6.45, 7) is 2.63. The standard InChI is InChI=1S/C18H22FN5O3S3/c19-13-2-1-3-14(10-13)20-17-21-22-18(29-17)28-11-16(25)24-7-5-23(6-8-24)15-4-9-30(26,27)12-15/h1-3,10,15H,4-9,11-12H2,(H,20,21)/t15-/m1/s1. The summed E-state index contributed by atoms with van der Waals surface area (Å²) >= 11 is 2.64. The van der Waals surface area contributed by atoms with E-state index >= 15 is 0 Å². The van der Waals surface area contributed by atoms with E-state index in [9.17, 15) is 17.6 Å². The highest BCUT2D eigenvalue weighted by Gasteiger charge is 2.34. The third kappa shape index (κ3) is 5.48. The van der Waals surface area contributed by atoms with E-state index in [4.69, 9.17) is 0 Å². The fraction of sp³-hybridized carbons (Fsp3) is 0.500. The van der Waals surface area contributed by atoms with Gasteiger partial charge in [0.25, 0.3) is 0 Å². The van der Waals surface area contributed by atoms with Crippen LogP contribution in [0.4, 0.5) is 15.2 Å². The molecule has 8 nitrogen and oxygen atoms in total. The Morgan fingerprint density at radius 1 is 1.27 bits per heavy atom. The Morgan fingerprint density at radius 2 is 2.07 bits per heavy atom. The van der Waals surface area contributed by atoms with Crippen LogP contribution in [-0.4, -0.2) is 83.8 Å². The van der Waals surface area contributed by atoms with Crippen LogP contribution in [0.15, 0.2) is 28.6 Å². The van der Waals surface area contributed by atoms with E-state index in [1.807, 2.05) is 4.90 Å². The fourth-order valence-corrected chi connectivity index (χ4v) is 7.06. The largest absolute Gasteiger partial charge is 0.339 e. The zero-order valence-electron chi connectivity index (χ0n) is 16.2. The van der Waals surface area contributed by atoms with Gasteiger partial charge in [-0.05, 0) is 24.6 Å². The molecule has 1 aromatic heterocycles. The number of thioether (sulfide) groups is 1. The Morgan fingerprint density at radius 3 is 2.77 bits per heavy atom. The molecule has 1 aromatic carbocycles. The highest BCUT2D eigenvalue weighted by atomic mass is 32.2. The van der Waals surface area contributed by atoms with Gasteiger partial charge in [0.05, 0.1) is 17.3 Å². The van der Waals surface area contributed by atoms with Gasteiger partial charge >= 0.3 is 0 Å². The monoisotopic (exact) mass is 471 g/mol. The number of hydrogen-bond acceptors (Lipinski definition) is 9. The van der Waals surface area contributed by atoms with Crippen LogP contribution in [-0.2, 0) is 14.6 Å². The van der Waals surface area contributed by atoms with Crippen LogP contribution in [0.25, 0.3) is 0 Å². The number of nitrogens with zero attached hydrogens (tertiary/aromatic N) is 4. The number of hydrogen-bond donors (Lipinski definition) is 1. The number of carbonyl (C=O) groups is 1. The van der Waals surface area contributed by atoms with Crippen molar-refractivity contribution >= 4 is 49.7 Å². The second-order valence-electron chi connectivity index (χ2n) is 7.27. The second kappa shape index (κ2) is 9.16. The van der Waals surface area contributed by atoms with Crippen molar-refractivity contribution in [3.8, 4) is 0 Å². The van der Waals surface area contributed by atoms with Crippen LogP contribution < -0.4 is 5.32 Å². The van der Waals surface area contributed by atoms with Gasteiger partial charge in [0.15, 0.2) is 14.2 Å². The van der Waals surface area contributed by atoms with E-state index in [0.717, 1.165) is 0 Å². The number of carbonyl (C=O) groups excluding carboxylic acids is 1. The van der Waals surface area contributed by atoms with Crippen molar-refractivity contribution in [3.05, 3.63) is 30.1 Å². The average Bonchev–Trinajstić information content (AvgIpc) is 3.32. The molecule has 2 aromatic rings. The molecule has 2 saturated heterocycles. The molecule has 2 fully saturated rings. The number of benzene rings is 1. The minimum atomic E-state index is -2.90. The summed E-state index contributed by atoms with van der Waals surface area (Å²) in [6.07, 6.45) is 0.690. The van der Waals surface area contributed by atoms with Crippen LogP contribution in [0.2, 0.25) is 0 Å². The zero-order valence-corrected chi connectivity index (χ0v) is 18.6. The van der Waals surface area contributed by atoms with E-state index in [0.29, 0.717) is 47.8 Å². The van der Waals surface area contributed by atoms with Gasteiger partial charge in [-0.1, -0.05) is 29.2 Å². The third-order valence-electron chi connectivity index (χ3n) is 5.19. The maximum atomic E-state index is 13.3. The fourth-order valence-electron chi connectivity index (χ4n) is 3.62. The van der Waals surface area contributed by atoms with Crippen LogP contribution >= 0.6 is 23.1 Å². The van der Waals surface area contributed by atoms with E-state index in [1.165, 1.54) is 35.2 Å². The summed E-state index contributed by atoms with van der Waals surface area (Å²) in [5.74, 6) is 0.477. The maximum Gasteiger partial charge on any atom is 0.233 e. The van der Waals surface area contributed by atoms with Crippen molar-refractivity contribution < 1.29 is 17.6 Å². The average molecular weight is 472 g/mol. The Bertz CT molecular complexity index is 1010. The maximum absolute atomic E-state index is 13.3. The number of rotatable bonds is 6. The van der Waals surface area contributed by atoms with E-state index in [2.05, 4.69) is 20.4 Å². The first kappa shape index (κ1) is 21.5. The molecule has 3 heterocycles. The molecule has 0 saturated carbocycles. The number of piperazine rings is 1. The van der Waals surface area contributed by atoms with Crippen LogP contribution in [0.5, 0.6) is 0 Å². The molecule has 0 radical (unpaired) electrons. The number of nitrogens with one attached hydrogen (secondary N) is 1. The molecule has 4 rings (SSSR count). The molecule has 12 heteroatoms. The summed E-state index contributed by atoms with van der Waals surface area (Å²) in [4.78, 5) is 16.5. The van der Waals surface area contributed by atoms with Crippen LogP contribution in [0.1, 0.15) is 6.42 Å². The lowest BCUT2D eigenvalue weighted by atomic mass is 10.2. The number of amides is 1. The van der Waals surface area contributed by atoms with Crippen molar-refractivity contribution in [1.82, 2.24) is 20.0 Å². The van der Waals surface area contributed by atoms with Crippen molar-refractivity contribution in [1.29, 1.82) is 0 Å². The lowest BCUT2D eigenvalue weighted by Crippen LogP contribution is -2.52. The van der Waals surface area contributed by atoms with Gasteiger partial charge < -0.3 is 10.2 Å².